The molecule has 2 aliphatic rings. The standard InChI is InChI=1S/C19H22N2O7/c1-19(2,3)28-16(23)10-26-14-6-4-5-11-12(14)9-27-21(18(11)25)13-7-8-15(22)20-17(13)24/h4-6,13H,7-10H2,1-3H3,(H,20,22,24). The van der Waals surface area contributed by atoms with Crippen molar-refractivity contribution < 1.29 is 33.5 Å². The van der Waals surface area contributed by atoms with Gasteiger partial charge in [-0.3, -0.25) is 24.5 Å². The van der Waals surface area contributed by atoms with E-state index in [1.54, 1.807) is 39.0 Å². The zero-order chi connectivity index (χ0) is 20.5. The van der Waals surface area contributed by atoms with Crippen molar-refractivity contribution in [1.82, 2.24) is 10.4 Å². The van der Waals surface area contributed by atoms with Crippen LogP contribution < -0.4 is 10.1 Å². The van der Waals surface area contributed by atoms with E-state index in [-0.39, 0.29) is 32.0 Å². The predicted molar refractivity (Wildman–Crippen MR) is 94.9 cm³/mol. The highest BCUT2D eigenvalue weighted by atomic mass is 16.7. The smallest absolute Gasteiger partial charge is 0.344 e. The second kappa shape index (κ2) is 7.59. The molecule has 1 atom stereocenters. The lowest BCUT2D eigenvalue weighted by molar-refractivity contribution is -0.179. The fraction of sp³-hybridized carbons (Fsp3) is 0.474. The molecule has 1 aromatic carbocycles. The minimum absolute atomic E-state index is 0.0106. The fourth-order valence-electron chi connectivity index (χ4n) is 3.01. The third-order valence-corrected chi connectivity index (χ3v) is 4.17. The molecule has 0 saturated carbocycles. The highest BCUT2D eigenvalue weighted by Gasteiger charge is 2.39. The molecule has 3 amide bonds. The van der Waals surface area contributed by atoms with Crippen LogP contribution in [0.1, 0.15) is 49.5 Å². The van der Waals surface area contributed by atoms with Crippen molar-refractivity contribution in [2.45, 2.75) is 51.9 Å². The maximum absolute atomic E-state index is 12.8. The number of hydrogen-bond acceptors (Lipinski definition) is 7. The highest BCUT2D eigenvalue weighted by Crippen LogP contribution is 2.31. The summed E-state index contributed by atoms with van der Waals surface area (Å²) >= 11 is 0. The molecule has 2 aliphatic heterocycles. The molecule has 0 bridgehead atoms. The molecule has 1 N–H and O–H groups in total. The number of piperidine rings is 1. The molecule has 2 heterocycles. The second-order valence-corrected chi connectivity index (χ2v) is 7.53. The Morgan fingerprint density at radius 1 is 1.29 bits per heavy atom. The molecule has 0 radical (unpaired) electrons. The number of imide groups is 1. The fourth-order valence-corrected chi connectivity index (χ4v) is 3.01. The molecule has 0 aromatic heterocycles. The summed E-state index contributed by atoms with van der Waals surface area (Å²) < 4.78 is 10.7. The first-order valence-electron chi connectivity index (χ1n) is 8.92. The minimum Gasteiger partial charge on any atom is -0.482 e. The number of carbonyl (C=O) groups excluding carboxylic acids is 4. The average Bonchev–Trinajstić information content (AvgIpc) is 2.60. The minimum atomic E-state index is -0.871. The van der Waals surface area contributed by atoms with E-state index in [4.69, 9.17) is 14.3 Å². The van der Waals surface area contributed by atoms with E-state index in [1.165, 1.54) is 0 Å². The van der Waals surface area contributed by atoms with Crippen LogP contribution in [0.2, 0.25) is 0 Å². The number of carbonyl (C=O) groups is 4. The van der Waals surface area contributed by atoms with E-state index in [1.807, 2.05) is 0 Å². The summed E-state index contributed by atoms with van der Waals surface area (Å²) in [5.74, 6) is -1.63. The summed E-state index contributed by atoms with van der Waals surface area (Å²) in [5, 5.41) is 3.21. The molecule has 3 rings (SSSR count). The quantitative estimate of drug-likeness (QED) is 0.605. The Balaban J connectivity index is 1.73. The lowest BCUT2D eigenvalue weighted by atomic mass is 10.0. The van der Waals surface area contributed by atoms with Crippen LogP contribution in [-0.4, -0.2) is 47.0 Å². The third-order valence-electron chi connectivity index (χ3n) is 4.17. The van der Waals surface area contributed by atoms with Crippen molar-refractivity contribution in [3.05, 3.63) is 29.3 Å². The van der Waals surface area contributed by atoms with Crippen LogP contribution in [-0.2, 0) is 30.6 Å². The molecule has 1 unspecified atom stereocenters. The predicted octanol–water partition coefficient (Wildman–Crippen LogP) is 1.10. The van der Waals surface area contributed by atoms with E-state index < -0.39 is 29.4 Å². The first-order chi connectivity index (χ1) is 13.2. The lowest BCUT2D eigenvalue weighted by Crippen LogP contribution is -2.55. The average molecular weight is 390 g/mol. The van der Waals surface area contributed by atoms with Gasteiger partial charge in [0.05, 0.1) is 5.56 Å². The molecule has 150 valence electrons. The number of nitrogens with one attached hydrogen (secondary N) is 1. The third kappa shape index (κ3) is 4.30. The largest absolute Gasteiger partial charge is 0.482 e. The van der Waals surface area contributed by atoms with Crippen LogP contribution in [0.5, 0.6) is 5.75 Å². The zero-order valence-corrected chi connectivity index (χ0v) is 15.9. The van der Waals surface area contributed by atoms with Gasteiger partial charge in [0.1, 0.15) is 24.0 Å². The number of ether oxygens (including phenoxy) is 2. The van der Waals surface area contributed by atoms with Crippen LogP contribution >= 0.6 is 0 Å². The maximum atomic E-state index is 12.8. The van der Waals surface area contributed by atoms with Crippen molar-refractivity contribution in [3.63, 3.8) is 0 Å². The first kappa shape index (κ1) is 19.8. The van der Waals surface area contributed by atoms with Gasteiger partial charge in [0.15, 0.2) is 6.61 Å². The summed E-state index contributed by atoms with van der Waals surface area (Å²) in [5.41, 5.74) is 0.176. The van der Waals surface area contributed by atoms with Gasteiger partial charge in [0.25, 0.3) is 11.8 Å². The van der Waals surface area contributed by atoms with Crippen LogP contribution in [0.25, 0.3) is 0 Å². The summed E-state index contributed by atoms with van der Waals surface area (Å²) in [6, 6.07) is 3.97. The summed E-state index contributed by atoms with van der Waals surface area (Å²) in [6.07, 6.45) is 0.329. The Morgan fingerprint density at radius 2 is 2.04 bits per heavy atom. The Morgan fingerprint density at radius 3 is 2.71 bits per heavy atom. The molecule has 9 nitrogen and oxygen atoms in total. The van der Waals surface area contributed by atoms with Gasteiger partial charge in [-0.15, -0.1) is 0 Å². The lowest BCUT2D eigenvalue weighted by Gasteiger charge is -2.35. The van der Waals surface area contributed by atoms with Gasteiger partial charge in [0.2, 0.25) is 5.91 Å². The molecule has 1 saturated heterocycles. The number of benzene rings is 1. The van der Waals surface area contributed by atoms with Crippen LogP contribution in [0, 0.1) is 0 Å². The molecule has 1 aromatic rings. The number of nitrogens with zero attached hydrogens (tertiary/aromatic N) is 1. The second-order valence-electron chi connectivity index (χ2n) is 7.53. The van der Waals surface area contributed by atoms with Gasteiger partial charge in [0, 0.05) is 12.0 Å². The molecule has 0 spiro atoms. The molecular weight excluding hydrogens is 368 g/mol. The Kier molecular flexibility index (Phi) is 5.37. The van der Waals surface area contributed by atoms with Crippen molar-refractivity contribution in [1.29, 1.82) is 0 Å². The summed E-state index contributed by atoms with van der Waals surface area (Å²) in [7, 11) is 0. The van der Waals surface area contributed by atoms with Gasteiger partial charge in [-0.2, -0.15) is 0 Å². The van der Waals surface area contributed by atoms with Crippen molar-refractivity contribution in [3.8, 4) is 5.75 Å². The number of rotatable bonds is 4. The SMILES string of the molecule is CC(C)(C)OC(=O)COc1cccc2c1CON(C1CCC(=O)NC1=O)C2=O. The highest BCUT2D eigenvalue weighted by molar-refractivity contribution is 6.04. The zero-order valence-electron chi connectivity index (χ0n) is 15.9. The van der Waals surface area contributed by atoms with E-state index in [9.17, 15) is 19.2 Å². The Bertz CT molecular complexity index is 828. The van der Waals surface area contributed by atoms with Crippen molar-refractivity contribution >= 4 is 23.7 Å². The summed E-state index contributed by atoms with van der Waals surface area (Å²) in [4.78, 5) is 53.5. The van der Waals surface area contributed by atoms with Crippen LogP contribution in [0.15, 0.2) is 18.2 Å². The number of esters is 1. The molecule has 9 heteroatoms. The van der Waals surface area contributed by atoms with Gasteiger partial charge >= 0.3 is 5.97 Å². The normalized spacial score (nSPS) is 19.8. The van der Waals surface area contributed by atoms with Crippen molar-refractivity contribution in [2.24, 2.45) is 0 Å². The number of hydrogen-bond donors (Lipinski definition) is 1. The molecule has 28 heavy (non-hydrogen) atoms. The Labute approximate surface area is 161 Å². The Hall–Kier alpha value is -2.94. The number of amides is 3. The van der Waals surface area contributed by atoms with Gasteiger partial charge in [-0.25, -0.2) is 9.86 Å². The maximum Gasteiger partial charge on any atom is 0.344 e. The van der Waals surface area contributed by atoms with E-state index in [0.29, 0.717) is 16.9 Å². The molecule has 0 aliphatic carbocycles. The first-order valence-corrected chi connectivity index (χ1v) is 8.92. The molecule has 1 fully saturated rings. The van der Waals surface area contributed by atoms with Gasteiger partial charge < -0.3 is 9.47 Å². The summed E-state index contributed by atoms with van der Waals surface area (Å²) in [6.45, 7) is 4.95. The van der Waals surface area contributed by atoms with E-state index in [0.717, 1.165) is 5.06 Å². The number of fused-ring (bicyclic) bond motifs is 1. The topological polar surface area (TPSA) is 111 Å². The van der Waals surface area contributed by atoms with Crippen LogP contribution in [0.4, 0.5) is 0 Å². The van der Waals surface area contributed by atoms with Gasteiger partial charge in [-0.05, 0) is 39.3 Å². The number of hydroxylamine groups is 2. The van der Waals surface area contributed by atoms with Crippen molar-refractivity contribution in [2.75, 3.05) is 6.61 Å². The molecular formula is C19H22N2O7. The van der Waals surface area contributed by atoms with E-state index >= 15 is 0 Å². The van der Waals surface area contributed by atoms with Crippen LogP contribution in [0.3, 0.4) is 0 Å². The van der Waals surface area contributed by atoms with Gasteiger partial charge in [-0.1, -0.05) is 6.07 Å². The van der Waals surface area contributed by atoms with E-state index in [2.05, 4.69) is 5.32 Å². The monoisotopic (exact) mass is 390 g/mol.